The molecule has 3 heteroatoms. The van der Waals surface area contributed by atoms with Crippen molar-refractivity contribution in [1.29, 1.82) is 0 Å². The summed E-state index contributed by atoms with van der Waals surface area (Å²) < 4.78 is 0. The number of hydrogen-bond donors (Lipinski definition) is 2. The Morgan fingerprint density at radius 2 is 2.38 bits per heavy atom. The molecule has 13 heavy (non-hydrogen) atoms. The summed E-state index contributed by atoms with van der Waals surface area (Å²) in [5.41, 5.74) is 2.13. The van der Waals surface area contributed by atoms with Gasteiger partial charge >= 0.3 is 0 Å². The van der Waals surface area contributed by atoms with Gasteiger partial charge in [0.1, 0.15) is 0 Å². The molecule has 2 rings (SSSR count). The average Bonchev–Trinajstić information content (AvgIpc) is 2.18. The van der Waals surface area contributed by atoms with Crippen molar-refractivity contribution in [3.05, 3.63) is 28.8 Å². The molecule has 0 bridgehead atoms. The molecule has 0 saturated heterocycles. The first-order valence-electron chi connectivity index (χ1n) is 4.46. The Balaban J connectivity index is 2.45. The zero-order valence-electron chi connectivity index (χ0n) is 7.26. The quantitative estimate of drug-likeness (QED) is 0.724. The van der Waals surface area contributed by atoms with Crippen LogP contribution in [0.4, 0.5) is 5.69 Å². The summed E-state index contributed by atoms with van der Waals surface area (Å²) in [4.78, 5) is 0. The van der Waals surface area contributed by atoms with Crippen LogP contribution in [0.2, 0.25) is 5.02 Å². The normalized spacial score (nSPS) is 20.6. The van der Waals surface area contributed by atoms with Gasteiger partial charge in [0.15, 0.2) is 0 Å². The van der Waals surface area contributed by atoms with Crippen LogP contribution in [0.3, 0.4) is 0 Å². The van der Waals surface area contributed by atoms with Crippen LogP contribution in [0.5, 0.6) is 0 Å². The highest BCUT2D eigenvalue weighted by Crippen LogP contribution is 2.35. The minimum atomic E-state index is 0.203. The third kappa shape index (κ3) is 1.52. The van der Waals surface area contributed by atoms with E-state index in [2.05, 4.69) is 5.32 Å². The van der Waals surface area contributed by atoms with E-state index in [9.17, 15) is 0 Å². The summed E-state index contributed by atoms with van der Waals surface area (Å²) in [5, 5.41) is 13.2. The number of nitrogens with one attached hydrogen (secondary N) is 1. The minimum Gasteiger partial charge on any atom is -0.396 e. The lowest BCUT2D eigenvalue weighted by Crippen LogP contribution is -2.19. The summed E-state index contributed by atoms with van der Waals surface area (Å²) >= 11 is 6.02. The number of hydrogen-bond acceptors (Lipinski definition) is 2. The molecule has 1 heterocycles. The molecule has 70 valence electrons. The standard InChI is InChI=1S/C10H12ClNO/c11-9-3-1-2-8-7(6-13)4-5-12-10(8)9/h1-3,7,12-13H,4-6H2. The minimum absolute atomic E-state index is 0.203. The smallest absolute Gasteiger partial charge is 0.0640 e. The topological polar surface area (TPSA) is 32.3 Å². The molecule has 1 aromatic rings. The number of para-hydroxylation sites is 1. The van der Waals surface area contributed by atoms with Crippen molar-refractivity contribution < 1.29 is 5.11 Å². The number of benzene rings is 1. The van der Waals surface area contributed by atoms with E-state index >= 15 is 0 Å². The van der Waals surface area contributed by atoms with Gasteiger partial charge in [0, 0.05) is 12.5 Å². The second kappa shape index (κ2) is 3.56. The summed E-state index contributed by atoms with van der Waals surface area (Å²) in [6.07, 6.45) is 0.976. The van der Waals surface area contributed by atoms with E-state index in [-0.39, 0.29) is 12.5 Å². The fourth-order valence-corrected chi connectivity index (χ4v) is 2.03. The number of anilines is 1. The molecule has 0 aliphatic carbocycles. The summed E-state index contributed by atoms with van der Waals surface area (Å²) in [7, 11) is 0. The molecule has 0 amide bonds. The van der Waals surface area contributed by atoms with E-state index in [4.69, 9.17) is 16.7 Å². The lowest BCUT2D eigenvalue weighted by molar-refractivity contribution is 0.259. The molecule has 1 aromatic carbocycles. The maximum atomic E-state index is 9.16. The van der Waals surface area contributed by atoms with Gasteiger partial charge in [0.2, 0.25) is 0 Å². The highest BCUT2D eigenvalue weighted by Gasteiger charge is 2.20. The molecule has 0 aromatic heterocycles. The number of rotatable bonds is 1. The third-order valence-electron chi connectivity index (χ3n) is 2.50. The molecule has 0 radical (unpaired) electrons. The molecule has 0 saturated carbocycles. The van der Waals surface area contributed by atoms with Crippen molar-refractivity contribution in [1.82, 2.24) is 0 Å². The lowest BCUT2D eigenvalue weighted by Gasteiger charge is -2.25. The number of halogens is 1. The second-order valence-electron chi connectivity index (χ2n) is 3.30. The lowest BCUT2D eigenvalue weighted by atomic mass is 9.92. The highest BCUT2D eigenvalue weighted by molar-refractivity contribution is 6.33. The molecular formula is C10H12ClNO. The van der Waals surface area contributed by atoms with E-state index in [1.807, 2.05) is 18.2 Å². The highest BCUT2D eigenvalue weighted by atomic mass is 35.5. The van der Waals surface area contributed by atoms with Gasteiger partial charge in [-0.15, -0.1) is 0 Å². The van der Waals surface area contributed by atoms with Crippen molar-refractivity contribution >= 4 is 17.3 Å². The van der Waals surface area contributed by atoms with Crippen LogP contribution in [0.1, 0.15) is 17.9 Å². The van der Waals surface area contributed by atoms with Crippen molar-refractivity contribution in [2.45, 2.75) is 12.3 Å². The third-order valence-corrected chi connectivity index (χ3v) is 2.82. The Hall–Kier alpha value is -0.730. The van der Waals surface area contributed by atoms with Crippen molar-refractivity contribution in [3.8, 4) is 0 Å². The molecule has 1 atom stereocenters. The number of fused-ring (bicyclic) bond motifs is 1. The first kappa shape index (κ1) is 8.85. The Labute approximate surface area is 82.5 Å². The van der Waals surface area contributed by atoms with Crippen LogP contribution in [-0.2, 0) is 0 Å². The molecule has 2 N–H and O–H groups in total. The molecule has 0 fully saturated rings. The Morgan fingerprint density at radius 3 is 3.15 bits per heavy atom. The average molecular weight is 198 g/mol. The first-order valence-corrected chi connectivity index (χ1v) is 4.84. The summed E-state index contributed by atoms with van der Waals surface area (Å²) in [5.74, 6) is 0.245. The van der Waals surface area contributed by atoms with Crippen LogP contribution in [-0.4, -0.2) is 18.3 Å². The van der Waals surface area contributed by atoms with Crippen molar-refractivity contribution in [2.75, 3.05) is 18.5 Å². The predicted octanol–water partition coefficient (Wildman–Crippen LogP) is 2.23. The van der Waals surface area contributed by atoms with E-state index in [1.165, 1.54) is 0 Å². The van der Waals surface area contributed by atoms with Crippen molar-refractivity contribution in [2.24, 2.45) is 0 Å². The van der Waals surface area contributed by atoms with Crippen LogP contribution in [0, 0.1) is 0 Å². The van der Waals surface area contributed by atoms with Gasteiger partial charge in [0.25, 0.3) is 0 Å². The van der Waals surface area contributed by atoms with Crippen LogP contribution >= 0.6 is 11.6 Å². The zero-order valence-corrected chi connectivity index (χ0v) is 8.01. The van der Waals surface area contributed by atoms with E-state index in [1.54, 1.807) is 0 Å². The SMILES string of the molecule is OCC1CCNc2c(Cl)cccc21. The van der Waals surface area contributed by atoms with Crippen LogP contribution < -0.4 is 5.32 Å². The van der Waals surface area contributed by atoms with Gasteiger partial charge in [-0.05, 0) is 18.1 Å². The van der Waals surface area contributed by atoms with E-state index in [0.717, 1.165) is 29.2 Å². The molecule has 1 aliphatic heterocycles. The largest absolute Gasteiger partial charge is 0.396 e. The molecule has 1 unspecified atom stereocenters. The fraction of sp³-hybridized carbons (Fsp3) is 0.400. The summed E-state index contributed by atoms with van der Waals surface area (Å²) in [6.45, 7) is 1.09. The van der Waals surface area contributed by atoms with Crippen LogP contribution in [0.15, 0.2) is 18.2 Å². The zero-order chi connectivity index (χ0) is 9.26. The summed E-state index contributed by atoms with van der Waals surface area (Å²) in [6, 6.07) is 5.82. The van der Waals surface area contributed by atoms with E-state index in [0.29, 0.717) is 0 Å². The molecular weight excluding hydrogens is 186 g/mol. The van der Waals surface area contributed by atoms with Gasteiger partial charge in [-0.3, -0.25) is 0 Å². The van der Waals surface area contributed by atoms with Crippen LogP contribution in [0.25, 0.3) is 0 Å². The maximum Gasteiger partial charge on any atom is 0.0640 e. The molecule has 2 nitrogen and oxygen atoms in total. The fourth-order valence-electron chi connectivity index (χ4n) is 1.78. The van der Waals surface area contributed by atoms with Gasteiger partial charge in [-0.25, -0.2) is 0 Å². The second-order valence-corrected chi connectivity index (χ2v) is 3.71. The Bertz CT molecular complexity index is 314. The number of aliphatic hydroxyl groups excluding tert-OH is 1. The van der Waals surface area contributed by atoms with Gasteiger partial charge < -0.3 is 10.4 Å². The van der Waals surface area contributed by atoms with Gasteiger partial charge in [0.05, 0.1) is 17.3 Å². The van der Waals surface area contributed by atoms with Gasteiger partial charge in [-0.2, -0.15) is 0 Å². The first-order chi connectivity index (χ1) is 6.33. The predicted molar refractivity (Wildman–Crippen MR) is 54.4 cm³/mol. The van der Waals surface area contributed by atoms with Crippen molar-refractivity contribution in [3.63, 3.8) is 0 Å². The van der Waals surface area contributed by atoms with E-state index < -0.39 is 0 Å². The Kier molecular flexibility index (Phi) is 2.42. The molecule has 0 spiro atoms. The monoisotopic (exact) mass is 197 g/mol. The Morgan fingerprint density at radius 1 is 1.54 bits per heavy atom. The maximum absolute atomic E-state index is 9.16. The number of aliphatic hydroxyl groups is 1. The molecule has 1 aliphatic rings. The van der Waals surface area contributed by atoms with Gasteiger partial charge in [-0.1, -0.05) is 23.7 Å².